The van der Waals surface area contributed by atoms with E-state index in [2.05, 4.69) is 55.2 Å². The van der Waals surface area contributed by atoms with E-state index in [1.807, 2.05) is 17.5 Å². The van der Waals surface area contributed by atoms with E-state index in [0.29, 0.717) is 5.92 Å². The Kier molecular flexibility index (Phi) is 2.52. The molecule has 0 amide bonds. The summed E-state index contributed by atoms with van der Waals surface area (Å²) in [5, 5.41) is 1.28. The first kappa shape index (κ1) is 10.6. The number of thiophene rings is 1. The quantitative estimate of drug-likeness (QED) is 0.648. The number of aromatic amines is 1. The van der Waals surface area contributed by atoms with Crippen LogP contribution >= 0.6 is 11.3 Å². The monoisotopic (exact) mass is 241 g/mol. The van der Waals surface area contributed by atoms with Gasteiger partial charge in [0.05, 0.1) is 0 Å². The van der Waals surface area contributed by atoms with Crippen LogP contribution in [0.25, 0.3) is 21.3 Å². The summed E-state index contributed by atoms with van der Waals surface area (Å²) in [7, 11) is 0. The van der Waals surface area contributed by atoms with Crippen LogP contribution in [-0.4, -0.2) is 4.98 Å². The van der Waals surface area contributed by atoms with Gasteiger partial charge >= 0.3 is 0 Å². The highest BCUT2D eigenvalue weighted by molar-refractivity contribution is 7.15. The van der Waals surface area contributed by atoms with Gasteiger partial charge in [-0.2, -0.15) is 0 Å². The molecule has 0 atom stereocenters. The van der Waals surface area contributed by atoms with Crippen LogP contribution in [0.15, 0.2) is 42.6 Å². The number of fused-ring (bicyclic) bond motifs is 1. The maximum Gasteiger partial charge on any atom is 0.0454 e. The van der Waals surface area contributed by atoms with E-state index in [0.717, 1.165) is 0 Å². The van der Waals surface area contributed by atoms with Gasteiger partial charge in [0.2, 0.25) is 0 Å². The van der Waals surface area contributed by atoms with E-state index in [1.165, 1.54) is 26.2 Å². The molecule has 2 heterocycles. The lowest BCUT2D eigenvalue weighted by atomic mass is 10.1. The summed E-state index contributed by atoms with van der Waals surface area (Å²) in [5.74, 6) is 0.615. The minimum Gasteiger partial charge on any atom is -0.361 e. The van der Waals surface area contributed by atoms with Crippen LogP contribution in [0.3, 0.4) is 0 Å². The van der Waals surface area contributed by atoms with Crippen molar-refractivity contribution in [1.29, 1.82) is 0 Å². The van der Waals surface area contributed by atoms with Gasteiger partial charge in [-0.15, -0.1) is 11.3 Å². The molecule has 0 fully saturated rings. The van der Waals surface area contributed by atoms with E-state index < -0.39 is 0 Å². The molecule has 2 heteroatoms. The van der Waals surface area contributed by atoms with Crippen molar-refractivity contribution in [2.24, 2.45) is 0 Å². The summed E-state index contributed by atoms with van der Waals surface area (Å²) in [6.07, 6.45) is 1.99. The highest BCUT2D eigenvalue weighted by Crippen LogP contribution is 2.33. The average Bonchev–Trinajstić information content (AvgIpc) is 2.97. The number of aromatic nitrogens is 1. The smallest absolute Gasteiger partial charge is 0.0454 e. The summed E-state index contributed by atoms with van der Waals surface area (Å²) < 4.78 is 0. The first-order chi connectivity index (χ1) is 8.24. The molecule has 3 rings (SSSR count). The average molecular weight is 241 g/mol. The summed E-state index contributed by atoms with van der Waals surface area (Å²) in [4.78, 5) is 6.04. The lowest BCUT2D eigenvalue weighted by Gasteiger charge is -2.00. The number of hydrogen-bond donors (Lipinski definition) is 1. The molecule has 2 aromatic heterocycles. The minimum absolute atomic E-state index is 0.615. The molecule has 0 spiro atoms. The van der Waals surface area contributed by atoms with Crippen molar-refractivity contribution in [3.63, 3.8) is 0 Å². The largest absolute Gasteiger partial charge is 0.361 e. The summed E-state index contributed by atoms with van der Waals surface area (Å²) in [6.45, 7) is 4.48. The fraction of sp³-hybridized carbons (Fsp3) is 0.200. The number of rotatable bonds is 2. The highest BCUT2D eigenvalue weighted by atomic mass is 32.1. The van der Waals surface area contributed by atoms with E-state index in [1.54, 1.807) is 0 Å². The Hall–Kier alpha value is -1.54. The first-order valence-electron chi connectivity index (χ1n) is 5.91. The van der Waals surface area contributed by atoms with Gasteiger partial charge in [-0.05, 0) is 47.2 Å². The van der Waals surface area contributed by atoms with Gasteiger partial charge in [-0.1, -0.05) is 19.9 Å². The lowest BCUT2D eigenvalue weighted by molar-refractivity contribution is 0.890. The Labute approximate surface area is 105 Å². The van der Waals surface area contributed by atoms with Gasteiger partial charge in [0.25, 0.3) is 0 Å². The normalized spacial score (nSPS) is 11.5. The van der Waals surface area contributed by atoms with Crippen molar-refractivity contribution in [3.8, 4) is 10.4 Å². The van der Waals surface area contributed by atoms with Gasteiger partial charge in [-0.25, -0.2) is 0 Å². The summed E-state index contributed by atoms with van der Waals surface area (Å²) in [5.41, 5.74) is 2.52. The van der Waals surface area contributed by atoms with Gasteiger partial charge in [-0.3, -0.25) is 0 Å². The Morgan fingerprint density at radius 2 is 1.94 bits per heavy atom. The molecule has 0 unspecified atom stereocenters. The van der Waals surface area contributed by atoms with Crippen LogP contribution in [0, 0.1) is 0 Å². The molecule has 3 aromatic rings. The zero-order valence-electron chi connectivity index (χ0n) is 10.0. The van der Waals surface area contributed by atoms with Crippen LogP contribution in [-0.2, 0) is 0 Å². The van der Waals surface area contributed by atoms with Gasteiger partial charge in [0.1, 0.15) is 0 Å². The van der Waals surface area contributed by atoms with Crippen molar-refractivity contribution < 1.29 is 0 Å². The van der Waals surface area contributed by atoms with Crippen molar-refractivity contribution >= 4 is 22.2 Å². The summed E-state index contributed by atoms with van der Waals surface area (Å²) >= 11 is 1.90. The molecule has 0 aliphatic carbocycles. The number of hydrogen-bond acceptors (Lipinski definition) is 1. The maximum absolute atomic E-state index is 3.23. The molecule has 0 saturated heterocycles. The third-order valence-electron chi connectivity index (χ3n) is 3.03. The van der Waals surface area contributed by atoms with Gasteiger partial charge in [0.15, 0.2) is 0 Å². The van der Waals surface area contributed by atoms with Crippen LogP contribution in [0.5, 0.6) is 0 Å². The van der Waals surface area contributed by atoms with E-state index in [4.69, 9.17) is 0 Å². The van der Waals surface area contributed by atoms with E-state index >= 15 is 0 Å². The predicted molar refractivity (Wildman–Crippen MR) is 75.7 cm³/mol. The second-order valence-corrected chi connectivity index (χ2v) is 5.75. The molecular weight excluding hydrogens is 226 g/mol. The fourth-order valence-corrected chi connectivity index (χ4v) is 3.03. The zero-order valence-corrected chi connectivity index (χ0v) is 10.8. The predicted octanol–water partition coefficient (Wildman–Crippen LogP) is 5.02. The molecule has 1 nitrogen and oxygen atoms in total. The highest BCUT2D eigenvalue weighted by Gasteiger charge is 2.06. The van der Waals surface area contributed by atoms with E-state index in [9.17, 15) is 0 Å². The molecule has 0 aliphatic heterocycles. The third kappa shape index (κ3) is 1.89. The molecule has 1 aromatic carbocycles. The summed E-state index contributed by atoms with van der Waals surface area (Å²) in [6, 6.07) is 13.2. The van der Waals surface area contributed by atoms with Crippen molar-refractivity contribution in [1.82, 2.24) is 4.98 Å². The van der Waals surface area contributed by atoms with E-state index in [-0.39, 0.29) is 0 Å². The Balaban J connectivity index is 2.06. The second kappa shape index (κ2) is 4.04. The van der Waals surface area contributed by atoms with Crippen LogP contribution < -0.4 is 0 Å². The molecule has 0 aliphatic rings. The topological polar surface area (TPSA) is 15.8 Å². The molecule has 86 valence electrons. The minimum atomic E-state index is 0.615. The van der Waals surface area contributed by atoms with Gasteiger partial charge in [0, 0.05) is 21.5 Å². The maximum atomic E-state index is 3.23. The Bertz CT molecular complexity index is 646. The Morgan fingerprint density at radius 1 is 1.06 bits per heavy atom. The SMILES string of the molecule is CC(C)c1ccc(-c2ccc3[nH]ccc3c2)s1. The lowest BCUT2D eigenvalue weighted by Crippen LogP contribution is -1.77. The standard InChI is InChI=1S/C15H15NS/c1-10(2)14-5-6-15(17-14)12-3-4-13-11(9-12)7-8-16-13/h3-10,16H,1-2H3. The van der Waals surface area contributed by atoms with Crippen LogP contribution in [0.4, 0.5) is 0 Å². The molecule has 0 bridgehead atoms. The molecular formula is C15H15NS. The Morgan fingerprint density at radius 3 is 2.71 bits per heavy atom. The molecule has 0 radical (unpaired) electrons. The fourth-order valence-electron chi connectivity index (χ4n) is 2.02. The van der Waals surface area contributed by atoms with Crippen molar-refractivity contribution in [3.05, 3.63) is 47.5 Å². The van der Waals surface area contributed by atoms with Crippen molar-refractivity contribution in [2.75, 3.05) is 0 Å². The molecule has 0 saturated carbocycles. The van der Waals surface area contributed by atoms with Crippen LogP contribution in [0.1, 0.15) is 24.6 Å². The van der Waals surface area contributed by atoms with Gasteiger partial charge < -0.3 is 4.98 Å². The molecule has 17 heavy (non-hydrogen) atoms. The van der Waals surface area contributed by atoms with Crippen LogP contribution in [0.2, 0.25) is 0 Å². The third-order valence-corrected chi connectivity index (χ3v) is 4.47. The van der Waals surface area contributed by atoms with Crippen molar-refractivity contribution in [2.45, 2.75) is 19.8 Å². The zero-order chi connectivity index (χ0) is 11.8. The number of benzene rings is 1. The second-order valence-electron chi connectivity index (χ2n) is 4.64. The number of H-pyrrole nitrogens is 1. The first-order valence-corrected chi connectivity index (χ1v) is 6.73. The molecule has 1 N–H and O–H groups in total. The number of nitrogens with one attached hydrogen (secondary N) is 1.